The van der Waals surface area contributed by atoms with Gasteiger partial charge in [0.1, 0.15) is 23.7 Å². The molecule has 3 aliphatic heterocycles. The summed E-state index contributed by atoms with van der Waals surface area (Å²) in [6, 6.07) is 8.09. The SMILES string of the molecule is CC(C)OC[C@H]1COc2ncc(Cc3ccc(F)cc3)cc2N1C(=O)CN1C[C@@H](C)N(C(=O)OC(C)(C)C)C[C@@H]1CN1[C@H](C)COC[C@H]1C. The van der Waals surface area contributed by atoms with Gasteiger partial charge in [0.25, 0.3) is 0 Å². The zero-order valence-electron chi connectivity index (χ0n) is 30.4. The molecule has 49 heavy (non-hydrogen) atoms. The van der Waals surface area contributed by atoms with Crippen LogP contribution in [0.3, 0.4) is 0 Å². The number of nitrogens with zero attached hydrogens (tertiary/aromatic N) is 5. The van der Waals surface area contributed by atoms with Gasteiger partial charge >= 0.3 is 6.09 Å². The number of morpholine rings is 1. The molecule has 0 unspecified atom stereocenters. The van der Waals surface area contributed by atoms with E-state index in [0.29, 0.717) is 57.4 Å². The van der Waals surface area contributed by atoms with E-state index in [1.165, 1.54) is 12.1 Å². The van der Waals surface area contributed by atoms with Crippen LogP contribution in [0.5, 0.6) is 5.88 Å². The van der Waals surface area contributed by atoms with E-state index in [9.17, 15) is 14.0 Å². The summed E-state index contributed by atoms with van der Waals surface area (Å²) in [7, 11) is 0. The molecule has 2 amide bonds. The number of fused-ring (bicyclic) bond motifs is 1. The van der Waals surface area contributed by atoms with E-state index < -0.39 is 5.60 Å². The van der Waals surface area contributed by atoms with Crippen molar-refractivity contribution in [3.8, 4) is 5.88 Å². The van der Waals surface area contributed by atoms with Gasteiger partial charge in [-0.25, -0.2) is 14.2 Å². The number of halogens is 1. The van der Waals surface area contributed by atoms with Gasteiger partial charge in [-0.3, -0.25) is 19.5 Å². The minimum atomic E-state index is -0.618. The molecule has 0 saturated carbocycles. The fourth-order valence-corrected chi connectivity index (χ4v) is 6.85. The van der Waals surface area contributed by atoms with E-state index in [-0.39, 0.29) is 67.3 Å². The van der Waals surface area contributed by atoms with Gasteiger partial charge < -0.3 is 23.8 Å². The molecule has 2 fully saturated rings. The fraction of sp³-hybridized carbons (Fsp3) is 0.649. The van der Waals surface area contributed by atoms with Crippen LogP contribution >= 0.6 is 0 Å². The van der Waals surface area contributed by atoms with Crippen LogP contribution in [-0.4, -0.2) is 126 Å². The summed E-state index contributed by atoms with van der Waals surface area (Å²) in [5, 5.41) is 0. The van der Waals surface area contributed by atoms with Crippen molar-refractivity contribution in [3.05, 3.63) is 53.5 Å². The standard InChI is InChI=1S/C37H54FN5O6/c1-24(2)47-22-32-23-48-35-33(14-29(15-39-35)13-28-9-11-30(38)12-10-28)43(32)34(44)19-40-16-25(3)42(36(45)49-37(6,7)8)18-31(40)17-41-26(4)20-46-21-27(41)5/h9-12,14-15,24-27,31-32H,13,16-23H2,1-8H3/t25-,26-,27-,31+,32+/m1/s1. The van der Waals surface area contributed by atoms with Gasteiger partial charge in [-0.2, -0.15) is 0 Å². The molecule has 3 aliphatic rings. The largest absolute Gasteiger partial charge is 0.474 e. The van der Waals surface area contributed by atoms with Gasteiger partial charge in [-0.1, -0.05) is 12.1 Å². The molecule has 270 valence electrons. The summed E-state index contributed by atoms with van der Waals surface area (Å²) < 4.78 is 37.3. The lowest BCUT2D eigenvalue weighted by atomic mass is 10.0. The van der Waals surface area contributed by atoms with Crippen LogP contribution in [-0.2, 0) is 25.4 Å². The lowest BCUT2D eigenvalue weighted by molar-refractivity contribution is -0.123. The Morgan fingerprint density at radius 3 is 2.33 bits per heavy atom. The molecule has 11 nitrogen and oxygen atoms in total. The van der Waals surface area contributed by atoms with E-state index in [1.54, 1.807) is 23.2 Å². The number of amides is 2. The zero-order valence-corrected chi connectivity index (χ0v) is 30.4. The van der Waals surface area contributed by atoms with Crippen molar-refractivity contribution in [2.45, 2.75) is 104 Å². The zero-order chi connectivity index (χ0) is 35.5. The molecular weight excluding hydrogens is 629 g/mol. The van der Waals surface area contributed by atoms with Crippen molar-refractivity contribution >= 4 is 17.7 Å². The van der Waals surface area contributed by atoms with Crippen LogP contribution in [0.1, 0.15) is 66.5 Å². The summed E-state index contributed by atoms with van der Waals surface area (Å²) in [4.78, 5) is 40.8. The summed E-state index contributed by atoms with van der Waals surface area (Å²) in [5.74, 6) is 0.0174. The maximum absolute atomic E-state index is 14.6. The Morgan fingerprint density at radius 2 is 1.67 bits per heavy atom. The molecule has 5 atom stereocenters. The first-order valence-electron chi connectivity index (χ1n) is 17.6. The van der Waals surface area contributed by atoms with Crippen molar-refractivity contribution in [1.82, 2.24) is 19.7 Å². The molecule has 1 aromatic heterocycles. The highest BCUT2D eigenvalue weighted by molar-refractivity contribution is 5.97. The maximum Gasteiger partial charge on any atom is 0.410 e. The first kappa shape index (κ1) is 36.9. The number of hydrogen-bond acceptors (Lipinski definition) is 9. The van der Waals surface area contributed by atoms with Crippen molar-refractivity contribution < 1.29 is 32.9 Å². The molecule has 0 radical (unpaired) electrons. The summed E-state index contributed by atoms with van der Waals surface area (Å²) in [6.45, 7) is 19.5. The number of hydrogen-bond donors (Lipinski definition) is 0. The highest BCUT2D eigenvalue weighted by Crippen LogP contribution is 2.34. The molecule has 5 rings (SSSR count). The summed E-state index contributed by atoms with van der Waals surface area (Å²) in [5.41, 5.74) is 1.79. The van der Waals surface area contributed by atoms with Crippen LogP contribution in [0.25, 0.3) is 0 Å². The fourth-order valence-electron chi connectivity index (χ4n) is 6.85. The molecule has 0 N–H and O–H groups in total. The third-order valence-electron chi connectivity index (χ3n) is 9.33. The third kappa shape index (κ3) is 9.48. The Bertz CT molecular complexity index is 1430. The highest BCUT2D eigenvalue weighted by atomic mass is 19.1. The minimum absolute atomic E-state index is 0.0232. The van der Waals surface area contributed by atoms with E-state index in [4.69, 9.17) is 18.9 Å². The Morgan fingerprint density at radius 1 is 0.980 bits per heavy atom. The van der Waals surface area contributed by atoms with Crippen LogP contribution < -0.4 is 9.64 Å². The quantitative estimate of drug-likeness (QED) is 0.371. The van der Waals surface area contributed by atoms with Crippen molar-refractivity contribution in [2.75, 3.05) is 57.5 Å². The van der Waals surface area contributed by atoms with Crippen LogP contribution in [0, 0.1) is 5.82 Å². The second-order valence-corrected chi connectivity index (χ2v) is 15.1. The second kappa shape index (κ2) is 15.7. The Labute approximate surface area is 290 Å². The summed E-state index contributed by atoms with van der Waals surface area (Å²) in [6.07, 6.45) is 1.91. The molecule has 2 aromatic rings. The molecule has 12 heteroatoms. The van der Waals surface area contributed by atoms with E-state index in [2.05, 4.69) is 28.6 Å². The predicted octanol–water partition coefficient (Wildman–Crippen LogP) is 4.75. The van der Waals surface area contributed by atoms with E-state index >= 15 is 0 Å². The number of benzene rings is 1. The second-order valence-electron chi connectivity index (χ2n) is 15.1. The number of rotatable bonds is 9. The number of carbonyl (C=O) groups excluding carboxylic acids is 2. The van der Waals surface area contributed by atoms with Crippen molar-refractivity contribution in [1.29, 1.82) is 0 Å². The number of ether oxygens (including phenoxy) is 4. The first-order chi connectivity index (χ1) is 23.2. The first-order valence-corrected chi connectivity index (χ1v) is 17.6. The van der Waals surface area contributed by atoms with Crippen LogP contribution in [0.4, 0.5) is 14.9 Å². The lowest BCUT2D eigenvalue weighted by Gasteiger charge is -2.49. The van der Waals surface area contributed by atoms with Crippen LogP contribution in [0.2, 0.25) is 0 Å². The van der Waals surface area contributed by atoms with E-state index in [0.717, 1.165) is 11.1 Å². The molecule has 2 saturated heterocycles. The van der Waals surface area contributed by atoms with Gasteiger partial charge in [0.15, 0.2) is 0 Å². The van der Waals surface area contributed by atoms with Crippen molar-refractivity contribution in [3.63, 3.8) is 0 Å². The molecule has 1 aromatic carbocycles. The number of carbonyl (C=O) groups is 2. The van der Waals surface area contributed by atoms with Gasteiger partial charge in [0, 0.05) is 50.0 Å². The minimum Gasteiger partial charge on any atom is -0.474 e. The highest BCUT2D eigenvalue weighted by Gasteiger charge is 2.41. The molecule has 0 spiro atoms. The third-order valence-corrected chi connectivity index (χ3v) is 9.33. The number of aromatic nitrogens is 1. The van der Waals surface area contributed by atoms with Gasteiger partial charge in [-0.05, 0) is 91.1 Å². The van der Waals surface area contributed by atoms with Crippen molar-refractivity contribution in [2.24, 2.45) is 0 Å². The normalized spacial score (nSPS) is 25.2. The number of pyridine rings is 1. The van der Waals surface area contributed by atoms with Gasteiger partial charge in [-0.15, -0.1) is 0 Å². The Hall–Kier alpha value is -3.32. The predicted molar refractivity (Wildman–Crippen MR) is 186 cm³/mol. The van der Waals surface area contributed by atoms with E-state index in [1.807, 2.05) is 52.5 Å². The molecule has 4 heterocycles. The average Bonchev–Trinajstić information content (AvgIpc) is 3.02. The van der Waals surface area contributed by atoms with Gasteiger partial charge in [0.2, 0.25) is 11.8 Å². The van der Waals surface area contributed by atoms with Crippen LogP contribution in [0.15, 0.2) is 36.5 Å². The monoisotopic (exact) mass is 683 g/mol. The Balaban J connectivity index is 1.43. The summed E-state index contributed by atoms with van der Waals surface area (Å²) >= 11 is 0. The Kier molecular flexibility index (Phi) is 11.8. The average molecular weight is 684 g/mol. The number of anilines is 1. The number of piperazine rings is 1. The molecule has 0 aliphatic carbocycles. The maximum atomic E-state index is 14.6. The molecular formula is C37H54FN5O6. The molecule has 0 bridgehead atoms. The topological polar surface area (TPSA) is 96.9 Å². The van der Waals surface area contributed by atoms with Gasteiger partial charge in [0.05, 0.1) is 38.5 Å². The lowest BCUT2D eigenvalue weighted by Crippen LogP contribution is -2.65. The smallest absolute Gasteiger partial charge is 0.410 e.